The van der Waals surface area contributed by atoms with Gasteiger partial charge in [-0.25, -0.2) is 0 Å². The van der Waals surface area contributed by atoms with E-state index in [1.807, 2.05) is 42.5 Å². The average molecular weight is 380 g/mol. The van der Waals surface area contributed by atoms with Gasteiger partial charge in [0, 0.05) is 38.3 Å². The Morgan fingerprint density at radius 1 is 1.04 bits per heavy atom. The summed E-state index contributed by atoms with van der Waals surface area (Å²) in [5, 5.41) is 0. The summed E-state index contributed by atoms with van der Waals surface area (Å²) >= 11 is 0. The smallest absolute Gasteiger partial charge is 0.142 e. The minimum Gasteiger partial charge on any atom is -0.495 e. The van der Waals surface area contributed by atoms with Crippen LogP contribution < -0.4 is 15.4 Å². The Balaban J connectivity index is 1.53. The van der Waals surface area contributed by atoms with E-state index < -0.39 is 0 Å². The summed E-state index contributed by atoms with van der Waals surface area (Å²) in [4.78, 5) is 4.74. The molecule has 1 aliphatic rings. The Hall–Kier alpha value is -2.92. The quantitative estimate of drug-likeness (QED) is 0.744. The highest BCUT2D eigenvalue weighted by Gasteiger charge is 2.18. The average Bonchev–Trinajstić information content (AvgIpc) is 2.98. The van der Waals surface area contributed by atoms with Crippen LogP contribution in [0.1, 0.15) is 12.0 Å². The molecule has 148 valence electrons. The maximum absolute atomic E-state index is 6.19. The van der Waals surface area contributed by atoms with Crippen molar-refractivity contribution in [2.75, 3.05) is 44.7 Å². The van der Waals surface area contributed by atoms with Gasteiger partial charge >= 0.3 is 0 Å². The van der Waals surface area contributed by atoms with Crippen molar-refractivity contribution < 1.29 is 9.47 Å². The van der Waals surface area contributed by atoms with E-state index in [-0.39, 0.29) is 0 Å². The van der Waals surface area contributed by atoms with Crippen LogP contribution in [0.15, 0.2) is 73.1 Å². The molecule has 1 heterocycles. The first-order valence-electron chi connectivity index (χ1n) is 9.63. The summed E-state index contributed by atoms with van der Waals surface area (Å²) in [6.07, 6.45) is 2.68. The molecule has 2 aromatic carbocycles. The molecule has 2 aromatic rings. The van der Waals surface area contributed by atoms with Crippen LogP contribution in [0.5, 0.6) is 5.75 Å². The van der Waals surface area contributed by atoms with Crippen LogP contribution in [0, 0.1) is 0 Å². The molecule has 1 fully saturated rings. The first-order valence-corrected chi connectivity index (χ1v) is 9.63. The summed E-state index contributed by atoms with van der Waals surface area (Å²) in [7, 11) is 1.72. The zero-order valence-electron chi connectivity index (χ0n) is 16.5. The fraction of sp³-hybridized carbons (Fsp3) is 0.304. The van der Waals surface area contributed by atoms with E-state index in [1.165, 1.54) is 0 Å². The zero-order chi connectivity index (χ0) is 19.8. The van der Waals surface area contributed by atoms with Gasteiger partial charge in [0.05, 0.1) is 18.5 Å². The fourth-order valence-electron chi connectivity index (χ4n) is 3.40. The van der Waals surface area contributed by atoms with Crippen molar-refractivity contribution in [2.24, 2.45) is 5.73 Å². The van der Waals surface area contributed by atoms with E-state index in [2.05, 4.69) is 28.5 Å². The second-order valence-corrected chi connectivity index (χ2v) is 6.89. The lowest BCUT2D eigenvalue weighted by Gasteiger charge is -2.25. The van der Waals surface area contributed by atoms with Crippen molar-refractivity contribution in [3.63, 3.8) is 0 Å². The molecule has 1 saturated heterocycles. The molecule has 1 aliphatic heterocycles. The van der Waals surface area contributed by atoms with Crippen molar-refractivity contribution >= 4 is 11.4 Å². The van der Waals surface area contributed by atoms with Crippen LogP contribution in [0.4, 0.5) is 5.69 Å². The number of methoxy groups -OCH3 is 1. The van der Waals surface area contributed by atoms with Crippen LogP contribution in [-0.2, 0) is 4.74 Å². The highest BCUT2D eigenvalue weighted by Crippen LogP contribution is 2.28. The monoisotopic (exact) mass is 379 g/mol. The number of benzene rings is 2. The second-order valence-electron chi connectivity index (χ2n) is 6.89. The van der Waals surface area contributed by atoms with E-state index in [0.717, 1.165) is 49.6 Å². The lowest BCUT2D eigenvalue weighted by Crippen LogP contribution is -2.33. The van der Waals surface area contributed by atoms with Crippen LogP contribution in [0.2, 0.25) is 0 Å². The van der Waals surface area contributed by atoms with Gasteiger partial charge in [-0.1, -0.05) is 49.0 Å². The molecule has 0 bridgehead atoms. The number of anilines is 1. The van der Waals surface area contributed by atoms with Crippen LogP contribution in [-0.4, -0.2) is 44.7 Å². The number of hydrogen-bond donors (Lipinski definition) is 1. The third kappa shape index (κ3) is 5.30. The third-order valence-electron chi connectivity index (χ3n) is 4.87. The summed E-state index contributed by atoms with van der Waals surface area (Å²) < 4.78 is 11.2. The number of ether oxygens (including phenoxy) is 2. The maximum Gasteiger partial charge on any atom is 0.142 e. The van der Waals surface area contributed by atoms with Crippen molar-refractivity contribution in [2.45, 2.75) is 6.42 Å². The summed E-state index contributed by atoms with van der Waals surface area (Å²) in [5.41, 5.74) is 8.99. The molecule has 0 radical (unpaired) electrons. The Morgan fingerprint density at radius 3 is 2.57 bits per heavy atom. The maximum atomic E-state index is 6.19. The highest BCUT2D eigenvalue weighted by atomic mass is 16.5. The largest absolute Gasteiger partial charge is 0.495 e. The molecule has 0 amide bonds. The minimum absolute atomic E-state index is 0.599. The Bertz CT molecular complexity index is 805. The number of nitrogens with zero attached hydrogens (tertiary/aromatic N) is 2. The molecule has 0 saturated carbocycles. The van der Waals surface area contributed by atoms with E-state index in [9.17, 15) is 0 Å². The Labute approximate surface area is 167 Å². The lowest BCUT2D eigenvalue weighted by molar-refractivity contribution is 0.311. The van der Waals surface area contributed by atoms with E-state index >= 15 is 0 Å². The van der Waals surface area contributed by atoms with Gasteiger partial charge in [-0.3, -0.25) is 4.90 Å². The molecule has 5 nitrogen and oxygen atoms in total. The first-order chi connectivity index (χ1) is 13.7. The second kappa shape index (κ2) is 9.85. The molecule has 0 spiro atoms. The van der Waals surface area contributed by atoms with Crippen LogP contribution >= 0.6 is 0 Å². The van der Waals surface area contributed by atoms with Crippen molar-refractivity contribution in [3.8, 4) is 5.75 Å². The van der Waals surface area contributed by atoms with Crippen molar-refractivity contribution in [1.82, 2.24) is 4.90 Å². The predicted octanol–water partition coefficient (Wildman–Crippen LogP) is 3.69. The molecule has 28 heavy (non-hydrogen) atoms. The summed E-state index contributed by atoms with van der Waals surface area (Å²) in [6, 6.07) is 18.0. The molecule has 0 atom stereocenters. The van der Waals surface area contributed by atoms with E-state index in [0.29, 0.717) is 18.0 Å². The molecule has 5 heteroatoms. The van der Waals surface area contributed by atoms with Gasteiger partial charge in [-0.15, -0.1) is 0 Å². The van der Waals surface area contributed by atoms with Crippen LogP contribution in [0.3, 0.4) is 0 Å². The van der Waals surface area contributed by atoms with Gasteiger partial charge in [-0.05, 0) is 18.6 Å². The zero-order valence-corrected chi connectivity index (χ0v) is 16.5. The molecule has 0 aromatic heterocycles. The standard InChI is InChI=1S/C23H29N3O2/c1-19(20-9-4-3-5-10-20)28-18-21(24)17-25-13-8-14-26(16-15-25)22-11-6-7-12-23(22)27-2/h3-7,9-12,18H,1,8,13-17,24H2,2H3/b21-18-. The van der Waals surface area contributed by atoms with Gasteiger partial charge in [-0.2, -0.15) is 0 Å². The summed E-state index contributed by atoms with van der Waals surface area (Å²) in [5.74, 6) is 1.52. The molecular formula is C23H29N3O2. The molecule has 2 N–H and O–H groups in total. The molecule has 3 rings (SSSR count). The Morgan fingerprint density at radius 2 is 1.79 bits per heavy atom. The lowest BCUT2D eigenvalue weighted by atomic mass is 10.2. The van der Waals surface area contributed by atoms with Gasteiger partial charge in [0.25, 0.3) is 0 Å². The van der Waals surface area contributed by atoms with Gasteiger partial charge in [0.15, 0.2) is 0 Å². The van der Waals surface area contributed by atoms with Crippen molar-refractivity contribution in [3.05, 3.63) is 78.7 Å². The molecule has 0 aliphatic carbocycles. The third-order valence-corrected chi connectivity index (χ3v) is 4.87. The highest BCUT2D eigenvalue weighted by molar-refractivity contribution is 5.58. The number of para-hydroxylation sites is 2. The Kier molecular flexibility index (Phi) is 6.98. The van der Waals surface area contributed by atoms with E-state index in [4.69, 9.17) is 15.2 Å². The van der Waals surface area contributed by atoms with Gasteiger partial charge < -0.3 is 20.1 Å². The number of hydrogen-bond acceptors (Lipinski definition) is 5. The van der Waals surface area contributed by atoms with Crippen molar-refractivity contribution in [1.29, 1.82) is 0 Å². The summed E-state index contributed by atoms with van der Waals surface area (Å²) in [6.45, 7) is 8.52. The van der Waals surface area contributed by atoms with E-state index in [1.54, 1.807) is 13.4 Å². The topological polar surface area (TPSA) is 51.0 Å². The normalized spacial score (nSPS) is 15.8. The number of rotatable bonds is 7. The van der Waals surface area contributed by atoms with Crippen LogP contribution in [0.25, 0.3) is 5.76 Å². The molecule has 0 unspecified atom stereocenters. The van der Waals surface area contributed by atoms with Gasteiger partial charge in [0.1, 0.15) is 17.8 Å². The SMILES string of the molecule is C=C(O/C=C(\N)CN1CCCN(c2ccccc2OC)CC1)c1ccccc1. The predicted molar refractivity (Wildman–Crippen MR) is 115 cm³/mol. The minimum atomic E-state index is 0.599. The first kappa shape index (κ1) is 19.8. The number of nitrogens with two attached hydrogens (primary N) is 1. The van der Waals surface area contributed by atoms with Gasteiger partial charge in [0.2, 0.25) is 0 Å². The molecular weight excluding hydrogens is 350 g/mol. The fourth-order valence-corrected chi connectivity index (χ4v) is 3.40.